The summed E-state index contributed by atoms with van der Waals surface area (Å²) in [4.78, 5) is 16.8. The highest BCUT2D eigenvalue weighted by atomic mass is 16.2. The van der Waals surface area contributed by atoms with Crippen molar-refractivity contribution in [3.8, 4) is 0 Å². The summed E-state index contributed by atoms with van der Waals surface area (Å²) < 4.78 is 1.93. The molecule has 0 bridgehead atoms. The maximum absolute atomic E-state index is 12.7. The predicted molar refractivity (Wildman–Crippen MR) is 85.1 cm³/mol. The van der Waals surface area contributed by atoms with E-state index in [-0.39, 0.29) is 11.3 Å². The molecule has 0 atom stereocenters. The molecule has 2 aromatic heterocycles. The fourth-order valence-electron chi connectivity index (χ4n) is 2.72. The van der Waals surface area contributed by atoms with Gasteiger partial charge >= 0.3 is 0 Å². The van der Waals surface area contributed by atoms with Crippen LogP contribution >= 0.6 is 0 Å². The number of pyridine rings is 1. The Labute approximate surface area is 130 Å². The van der Waals surface area contributed by atoms with Crippen molar-refractivity contribution >= 4 is 11.6 Å². The number of fused-ring (bicyclic) bond motifs is 1. The standard InChI is InChI=1S/C16H23N5O/c1-16(2,3)15-18-17-13-6-5-12(11-21(13)15)14(22)20-9-7-19(4)8-10-20/h5-6,11H,7-10H2,1-4H3. The Morgan fingerprint density at radius 2 is 1.77 bits per heavy atom. The van der Waals surface area contributed by atoms with Gasteiger partial charge in [-0.3, -0.25) is 9.20 Å². The zero-order valence-electron chi connectivity index (χ0n) is 13.7. The first-order valence-corrected chi connectivity index (χ1v) is 7.69. The van der Waals surface area contributed by atoms with Gasteiger partial charge < -0.3 is 9.80 Å². The Bertz CT molecular complexity index is 692. The maximum Gasteiger partial charge on any atom is 0.255 e. The van der Waals surface area contributed by atoms with Crippen molar-refractivity contribution in [3.63, 3.8) is 0 Å². The summed E-state index contributed by atoms with van der Waals surface area (Å²) in [7, 11) is 2.08. The second kappa shape index (κ2) is 5.35. The van der Waals surface area contributed by atoms with Crippen LogP contribution in [0.25, 0.3) is 5.65 Å². The Morgan fingerprint density at radius 3 is 2.41 bits per heavy atom. The second-order valence-electron chi connectivity index (χ2n) is 7.02. The third-order valence-electron chi connectivity index (χ3n) is 4.11. The smallest absolute Gasteiger partial charge is 0.255 e. The second-order valence-corrected chi connectivity index (χ2v) is 7.02. The van der Waals surface area contributed by atoms with Gasteiger partial charge in [0.2, 0.25) is 0 Å². The monoisotopic (exact) mass is 301 g/mol. The van der Waals surface area contributed by atoms with Crippen molar-refractivity contribution in [1.82, 2.24) is 24.4 Å². The van der Waals surface area contributed by atoms with Gasteiger partial charge in [0.1, 0.15) is 5.82 Å². The van der Waals surface area contributed by atoms with Gasteiger partial charge in [-0.2, -0.15) is 0 Å². The van der Waals surface area contributed by atoms with Crippen LogP contribution in [0.1, 0.15) is 37.0 Å². The van der Waals surface area contributed by atoms with Crippen LogP contribution in [0.3, 0.4) is 0 Å². The Balaban J connectivity index is 1.92. The molecule has 6 heteroatoms. The van der Waals surface area contributed by atoms with Crippen LogP contribution in [0.4, 0.5) is 0 Å². The first kappa shape index (κ1) is 15.0. The minimum absolute atomic E-state index is 0.0866. The number of amides is 1. The number of nitrogens with zero attached hydrogens (tertiary/aromatic N) is 5. The molecule has 22 heavy (non-hydrogen) atoms. The minimum atomic E-state index is -0.116. The van der Waals surface area contributed by atoms with Crippen LogP contribution in [0.15, 0.2) is 18.3 Å². The van der Waals surface area contributed by atoms with E-state index >= 15 is 0 Å². The molecule has 0 saturated carbocycles. The normalized spacial score (nSPS) is 17.2. The number of likely N-dealkylation sites (N-methyl/N-ethyl adjacent to an activating group) is 1. The molecule has 1 aliphatic rings. The molecule has 1 aliphatic heterocycles. The number of hydrogen-bond donors (Lipinski definition) is 0. The van der Waals surface area contributed by atoms with Gasteiger partial charge in [0, 0.05) is 37.8 Å². The van der Waals surface area contributed by atoms with Crippen molar-refractivity contribution in [2.45, 2.75) is 26.2 Å². The topological polar surface area (TPSA) is 53.7 Å². The number of piperazine rings is 1. The molecule has 0 aliphatic carbocycles. The largest absolute Gasteiger partial charge is 0.336 e. The number of carbonyl (C=O) groups excluding carboxylic acids is 1. The Hall–Kier alpha value is -1.95. The number of carbonyl (C=O) groups is 1. The summed E-state index contributed by atoms with van der Waals surface area (Å²) in [6, 6.07) is 3.71. The summed E-state index contributed by atoms with van der Waals surface area (Å²) in [5.41, 5.74) is 1.36. The van der Waals surface area contributed by atoms with Gasteiger partial charge in [-0.1, -0.05) is 20.8 Å². The molecule has 2 aromatic rings. The molecule has 0 aromatic carbocycles. The summed E-state index contributed by atoms with van der Waals surface area (Å²) in [6.07, 6.45) is 1.87. The van der Waals surface area contributed by atoms with E-state index in [0.29, 0.717) is 5.56 Å². The van der Waals surface area contributed by atoms with Gasteiger partial charge in [0.15, 0.2) is 5.65 Å². The van der Waals surface area contributed by atoms with Crippen LogP contribution in [0, 0.1) is 0 Å². The predicted octanol–water partition coefficient (Wildman–Crippen LogP) is 1.41. The summed E-state index contributed by atoms with van der Waals surface area (Å²) in [5.74, 6) is 0.957. The van der Waals surface area contributed by atoms with Crippen LogP contribution in [-0.2, 0) is 5.41 Å². The van der Waals surface area contributed by atoms with Gasteiger partial charge in [0.05, 0.1) is 5.56 Å². The highest BCUT2D eigenvalue weighted by molar-refractivity contribution is 5.94. The molecule has 3 heterocycles. The lowest BCUT2D eigenvalue weighted by atomic mass is 9.96. The highest BCUT2D eigenvalue weighted by Crippen LogP contribution is 2.21. The molecule has 0 unspecified atom stereocenters. The lowest BCUT2D eigenvalue weighted by molar-refractivity contribution is 0.0663. The first-order valence-electron chi connectivity index (χ1n) is 7.69. The van der Waals surface area contributed by atoms with E-state index in [1.54, 1.807) is 0 Å². The fourth-order valence-corrected chi connectivity index (χ4v) is 2.72. The molecule has 1 fully saturated rings. The van der Waals surface area contributed by atoms with E-state index in [9.17, 15) is 4.79 Å². The molecule has 118 valence electrons. The number of aromatic nitrogens is 3. The number of rotatable bonds is 1. The SMILES string of the molecule is CN1CCN(C(=O)c2ccc3nnc(C(C)(C)C)n3c2)CC1. The minimum Gasteiger partial charge on any atom is -0.336 e. The van der Waals surface area contributed by atoms with Crippen LogP contribution in [0.2, 0.25) is 0 Å². The van der Waals surface area contributed by atoms with E-state index in [1.165, 1.54) is 0 Å². The average Bonchev–Trinajstić information content (AvgIpc) is 2.90. The molecule has 3 rings (SSSR count). The fraction of sp³-hybridized carbons (Fsp3) is 0.562. The van der Waals surface area contributed by atoms with Crippen molar-refractivity contribution < 1.29 is 4.79 Å². The van der Waals surface area contributed by atoms with Gasteiger partial charge in [0.25, 0.3) is 5.91 Å². The van der Waals surface area contributed by atoms with E-state index in [4.69, 9.17) is 0 Å². The van der Waals surface area contributed by atoms with Gasteiger partial charge in [-0.05, 0) is 19.2 Å². The molecule has 1 saturated heterocycles. The molecule has 0 spiro atoms. The lowest BCUT2D eigenvalue weighted by Crippen LogP contribution is -2.47. The molecular weight excluding hydrogens is 278 g/mol. The Morgan fingerprint density at radius 1 is 1.09 bits per heavy atom. The van der Waals surface area contributed by atoms with Gasteiger partial charge in [-0.25, -0.2) is 0 Å². The lowest BCUT2D eigenvalue weighted by Gasteiger charge is -2.32. The van der Waals surface area contributed by atoms with Crippen molar-refractivity contribution in [1.29, 1.82) is 0 Å². The zero-order valence-corrected chi connectivity index (χ0v) is 13.7. The molecule has 6 nitrogen and oxygen atoms in total. The molecular formula is C16H23N5O. The van der Waals surface area contributed by atoms with E-state index in [1.807, 2.05) is 27.6 Å². The summed E-state index contributed by atoms with van der Waals surface area (Å²) >= 11 is 0. The van der Waals surface area contributed by atoms with E-state index in [2.05, 4.69) is 42.9 Å². The highest BCUT2D eigenvalue weighted by Gasteiger charge is 2.24. The van der Waals surface area contributed by atoms with Crippen molar-refractivity contribution in [2.75, 3.05) is 33.2 Å². The molecule has 0 radical (unpaired) electrons. The zero-order chi connectivity index (χ0) is 15.9. The molecule has 1 amide bonds. The quantitative estimate of drug-likeness (QED) is 0.799. The van der Waals surface area contributed by atoms with Crippen LogP contribution in [0.5, 0.6) is 0 Å². The van der Waals surface area contributed by atoms with Crippen LogP contribution in [-0.4, -0.2) is 63.5 Å². The number of hydrogen-bond acceptors (Lipinski definition) is 4. The van der Waals surface area contributed by atoms with E-state index in [0.717, 1.165) is 37.7 Å². The third kappa shape index (κ3) is 2.70. The first-order chi connectivity index (χ1) is 10.4. The van der Waals surface area contributed by atoms with Crippen LogP contribution < -0.4 is 0 Å². The maximum atomic E-state index is 12.7. The van der Waals surface area contributed by atoms with Crippen molar-refractivity contribution in [2.24, 2.45) is 0 Å². The summed E-state index contributed by atoms with van der Waals surface area (Å²) in [5, 5.41) is 8.46. The summed E-state index contributed by atoms with van der Waals surface area (Å²) in [6.45, 7) is 9.69. The third-order valence-corrected chi connectivity index (χ3v) is 4.11. The average molecular weight is 301 g/mol. The van der Waals surface area contributed by atoms with Crippen molar-refractivity contribution in [3.05, 3.63) is 29.7 Å². The Kier molecular flexibility index (Phi) is 3.64. The van der Waals surface area contributed by atoms with Gasteiger partial charge in [-0.15, -0.1) is 10.2 Å². The van der Waals surface area contributed by atoms with E-state index < -0.39 is 0 Å². The molecule has 0 N–H and O–H groups in total.